The maximum atomic E-state index is 13.0. The summed E-state index contributed by atoms with van der Waals surface area (Å²) in [6.07, 6.45) is 6.74. The van der Waals surface area contributed by atoms with Crippen LogP contribution in [0.1, 0.15) is 57.1 Å². The van der Waals surface area contributed by atoms with E-state index in [4.69, 9.17) is 9.47 Å². The van der Waals surface area contributed by atoms with Crippen molar-refractivity contribution >= 4 is 21.6 Å². The Hall–Kier alpha value is -2.74. The number of sulfonamides is 1. The summed E-state index contributed by atoms with van der Waals surface area (Å²) in [5.74, 6) is 1.16. The largest absolute Gasteiger partial charge is 0.487 e. The number of carbonyl (C=O) groups excluding carboxylic acids is 1. The molecule has 1 spiro atoms. The van der Waals surface area contributed by atoms with Gasteiger partial charge in [-0.2, -0.15) is 0 Å². The normalized spacial score (nSPS) is 20.3. The van der Waals surface area contributed by atoms with Gasteiger partial charge >= 0.3 is 0 Å². The van der Waals surface area contributed by atoms with Crippen molar-refractivity contribution < 1.29 is 22.7 Å². The van der Waals surface area contributed by atoms with E-state index >= 15 is 0 Å². The van der Waals surface area contributed by atoms with Crippen molar-refractivity contribution in [1.82, 2.24) is 5.32 Å². The molecule has 1 heterocycles. The lowest BCUT2D eigenvalue weighted by Crippen LogP contribution is -2.48. The number of hydrogen-bond acceptors (Lipinski definition) is 5. The fourth-order valence-electron chi connectivity index (χ4n) is 4.72. The zero-order valence-electron chi connectivity index (χ0n) is 19.4. The summed E-state index contributed by atoms with van der Waals surface area (Å²) in [6, 6.07) is 14.5. The second-order valence-electron chi connectivity index (χ2n) is 9.13. The number of carbonyl (C=O) groups is 1. The number of nitrogens with zero attached hydrogens (tertiary/aromatic N) is 1. The minimum Gasteiger partial charge on any atom is -0.487 e. The molecule has 2 aliphatic rings. The van der Waals surface area contributed by atoms with Crippen molar-refractivity contribution in [2.75, 3.05) is 17.6 Å². The molecule has 8 heteroatoms. The lowest BCUT2D eigenvalue weighted by Gasteiger charge is -2.44. The van der Waals surface area contributed by atoms with Crippen LogP contribution in [0.15, 0.2) is 48.5 Å². The molecule has 1 N–H and O–H groups in total. The van der Waals surface area contributed by atoms with E-state index in [2.05, 4.69) is 5.32 Å². The molecule has 33 heavy (non-hydrogen) atoms. The number of anilines is 1. The van der Waals surface area contributed by atoms with E-state index in [1.165, 1.54) is 17.8 Å². The summed E-state index contributed by atoms with van der Waals surface area (Å²) in [5, 5.41) is 3.18. The number of fused-ring (bicyclic) bond motifs is 1. The van der Waals surface area contributed by atoms with E-state index in [0.717, 1.165) is 49.7 Å². The van der Waals surface area contributed by atoms with Crippen molar-refractivity contribution in [1.29, 1.82) is 0 Å². The second kappa shape index (κ2) is 9.25. The average Bonchev–Trinajstić information content (AvgIpc) is 2.79. The molecule has 178 valence electrons. The first-order chi connectivity index (χ1) is 15.7. The Morgan fingerprint density at radius 1 is 1.12 bits per heavy atom. The zero-order valence-corrected chi connectivity index (χ0v) is 20.2. The first kappa shape index (κ1) is 23.4. The van der Waals surface area contributed by atoms with E-state index < -0.39 is 16.1 Å². The number of amides is 1. The highest BCUT2D eigenvalue weighted by molar-refractivity contribution is 7.92. The third-order valence-electron chi connectivity index (χ3n) is 6.66. The summed E-state index contributed by atoms with van der Waals surface area (Å²) < 4.78 is 36.9. The van der Waals surface area contributed by atoms with Gasteiger partial charge in [-0.05, 0) is 62.9 Å². The van der Waals surface area contributed by atoms with Crippen molar-refractivity contribution in [3.8, 4) is 11.5 Å². The van der Waals surface area contributed by atoms with Crippen LogP contribution in [0.2, 0.25) is 0 Å². The minimum absolute atomic E-state index is 0.127. The van der Waals surface area contributed by atoms with E-state index in [1.807, 2.05) is 24.3 Å². The summed E-state index contributed by atoms with van der Waals surface area (Å²) in [7, 11) is -1.85. The number of hydrogen-bond donors (Lipinski definition) is 1. The summed E-state index contributed by atoms with van der Waals surface area (Å²) >= 11 is 0. The summed E-state index contributed by atoms with van der Waals surface area (Å²) in [5.41, 5.74) is 1.32. The summed E-state index contributed by atoms with van der Waals surface area (Å²) in [6.45, 7) is 1.72. The van der Waals surface area contributed by atoms with Gasteiger partial charge in [0.1, 0.15) is 17.1 Å². The lowest BCUT2D eigenvalue weighted by atomic mass is 9.77. The molecule has 4 rings (SSSR count). The van der Waals surface area contributed by atoms with Crippen LogP contribution in [-0.2, 0) is 14.8 Å². The van der Waals surface area contributed by atoms with Gasteiger partial charge in [-0.15, -0.1) is 0 Å². The molecule has 1 fully saturated rings. The molecule has 0 saturated heterocycles. The van der Waals surface area contributed by atoms with Gasteiger partial charge in [0, 0.05) is 19.0 Å². The van der Waals surface area contributed by atoms with Gasteiger partial charge < -0.3 is 14.8 Å². The van der Waals surface area contributed by atoms with Gasteiger partial charge in [-0.3, -0.25) is 9.10 Å². The third kappa shape index (κ3) is 5.27. The molecule has 0 aromatic heterocycles. The number of ether oxygens (including phenoxy) is 2. The fourth-order valence-corrected chi connectivity index (χ4v) is 5.23. The van der Waals surface area contributed by atoms with E-state index in [0.29, 0.717) is 11.4 Å². The molecular formula is C25H32N2O5S. The molecule has 2 aromatic carbocycles. The minimum atomic E-state index is -3.34. The van der Waals surface area contributed by atoms with Gasteiger partial charge in [-0.25, -0.2) is 8.42 Å². The van der Waals surface area contributed by atoms with Crippen LogP contribution in [0.3, 0.4) is 0 Å². The number of benzene rings is 2. The van der Waals surface area contributed by atoms with Crippen LogP contribution >= 0.6 is 0 Å². The highest BCUT2D eigenvalue weighted by atomic mass is 32.2. The Morgan fingerprint density at radius 3 is 2.45 bits per heavy atom. The summed E-state index contributed by atoms with van der Waals surface area (Å²) in [4.78, 5) is 13.0. The first-order valence-corrected chi connectivity index (χ1v) is 13.3. The van der Waals surface area contributed by atoms with Crippen LogP contribution < -0.4 is 19.1 Å². The molecule has 1 aliphatic heterocycles. The predicted molar refractivity (Wildman–Crippen MR) is 128 cm³/mol. The molecule has 1 saturated carbocycles. The Bertz CT molecular complexity index is 1090. The molecule has 0 bridgehead atoms. The number of nitrogens with one attached hydrogen (secondary N) is 1. The average molecular weight is 473 g/mol. The van der Waals surface area contributed by atoms with Gasteiger partial charge in [0.2, 0.25) is 10.0 Å². The van der Waals surface area contributed by atoms with Gasteiger partial charge in [-0.1, -0.05) is 24.6 Å². The maximum absolute atomic E-state index is 13.0. The first-order valence-electron chi connectivity index (χ1n) is 11.5. The molecule has 1 amide bonds. The topological polar surface area (TPSA) is 84.9 Å². The second-order valence-corrected chi connectivity index (χ2v) is 11.1. The predicted octanol–water partition coefficient (Wildman–Crippen LogP) is 4.19. The van der Waals surface area contributed by atoms with Crippen LogP contribution in [0.5, 0.6) is 11.5 Å². The van der Waals surface area contributed by atoms with E-state index in [9.17, 15) is 13.2 Å². The van der Waals surface area contributed by atoms with E-state index in [1.54, 1.807) is 31.2 Å². The molecule has 0 unspecified atom stereocenters. The van der Waals surface area contributed by atoms with Crippen molar-refractivity contribution in [2.45, 2.75) is 63.2 Å². The maximum Gasteiger partial charge on any atom is 0.261 e. The Kier molecular flexibility index (Phi) is 6.56. The standard InChI is InChI=1S/C25H32N2O5S/c1-18(31-20-13-11-19(12-14-20)27(2)33(3,29)30)24(28)26-22-17-25(15-7-4-8-16-25)32-23-10-6-5-9-21(22)23/h5-6,9-14,18,22H,4,7-8,15-17H2,1-3H3,(H,26,28)/t18-,22+/m1/s1. The van der Waals surface area contributed by atoms with Gasteiger partial charge in [0.25, 0.3) is 5.91 Å². The third-order valence-corrected chi connectivity index (χ3v) is 7.86. The highest BCUT2D eigenvalue weighted by Gasteiger charge is 2.42. The fraction of sp³-hybridized carbons (Fsp3) is 0.480. The van der Waals surface area contributed by atoms with E-state index in [-0.39, 0.29) is 17.6 Å². The quantitative estimate of drug-likeness (QED) is 0.681. The SMILES string of the molecule is C[C@@H](Oc1ccc(N(C)S(C)(=O)=O)cc1)C(=O)N[C@H]1CC2(CCCCC2)Oc2ccccc21. The van der Waals surface area contributed by atoms with Crippen molar-refractivity contribution in [3.63, 3.8) is 0 Å². The molecule has 0 radical (unpaired) electrons. The smallest absolute Gasteiger partial charge is 0.261 e. The van der Waals surface area contributed by atoms with Crippen LogP contribution in [0.25, 0.3) is 0 Å². The van der Waals surface area contributed by atoms with Crippen LogP contribution in [0.4, 0.5) is 5.69 Å². The lowest BCUT2D eigenvalue weighted by molar-refractivity contribution is -0.128. The molecule has 2 aromatic rings. The van der Waals surface area contributed by atoms with Crippen LogP contribution in [0, 0.1) is 0 Å². The highest BCUT2D eigenvalue weighted by Crippen LogP contribution is 2.46. The molecule has 7 nitrogen and oxygen atoms in total. The van der Waals surface area contributed by atoms with Gasteiger partial charge in [0.05, 0.1) is 18.0 Å². The monoisotopic (exact) mass is 472 g/mol. The number of para-hydroxylation sites is 1. The van der Waals surface area contributed by atoms with Crippen LogP contribution in [-0.4, -0.2) is 39.3 Å². The molecular weight excluding hydrogens is 440 g/mol. The van der Waals surface area contributed by atoms with Crippen molar-refractivity contribution in [3.05, 3.63) is 54.1 Å². The molecule has 2 atom stereocenters. The number of rotatable bonds is 6. The van der Waals surface area contributed by atoms with Gasteiger partial charge in [0.15, 0.2) is 6.10 Å². The Morgan fingerprint density at radius 2 is 1.79 bits per heavy atom. The molecule has 1 aliphatic carbocycles. The van der Waals surface area contributed by atoms with Crippen molar-refractivity contribution in [2.24, 2.45) is 0 Å². The Balaban J connectivity index is 1.44. The zero-order chi connectivity index (χ0) is 23.6. The Labute approximate surface area is 196 Å².